The van der Waals surface area contributed by atoms with Crippen LogP contribution in [0.1, 0.15) is 21.8 Å². The monoisotopic (exact) mass is 370 g/mol. The number of aromatic nitrogens is 1. The first-order valence-corrected chi connectivity index (χ1v) is 9.96. The number of carbonyl (C=O) groups is 1. The van der Waals surface area contributed by atoms with Crippen LogP contribution in [-0.4, -0.2) is 17.3 Å². The molecule has 6 heteroatoms. The van der Waals surface area contributed by atoms with Crippen molar-refractivity contribution in [2.45, 2.75) is 22.5 Å². The molecule has 0 saturated heterocycles. The van der Waals surface area contributed by atoms with Gasteiger partial charge in [0.1, 0.15) is 5.76 Å². The van der Waals surface area contributed by atoms with E-state index in [1.54, 1.807) is 23.5 Å². The van der Waals surface area contributed by atoms with Crippen molar-refractivity contribution in [1.29, 1.82) is 0 Å². The predicted molar refractivity (Wildman–Crippen MR) is 103 cm³/mol. The lowest BCUT2D eigenvalue weighted by Gasteiger charge is -2.10. The van der Waals surface area contributed by atoms with E-state index in [1.165, 1.54) is 0 Å². The highest BCUT2D eigenvalue weighted by Crippen LogP contribution is 2.27. The molecule has 3 aromatic rings. The summed E-state index contributed by atoms with van der Waals surface area (Å²) in [7, 11) is 0. The molecular weight excluding hydrogens is 352 g/mol. The average Bonchev–Trinajstić information content (AvgIpc) is 3.06. The van der Waals surface area contributed by atoms with Crippen LogP contribution in [0, 0.1) is 6.92 Å². The standard InChI is InChI=1S/C19H18N2O2S2/c1-13-11-15(23-21-13)12-25-18-6-4-3-5-17(18)19(22)20-14-7-9-16(24-2)10-8-14/h3-11H,12H2,1-2H3,(H,20,22). The van der Waals surface area contributed by atoms with Crippen LogP contribution in [0.5, 0.6) is 0 Å². The molecular formula is C19H18N2O2S2. The SMILES string of the molecule is CSc1ccc(NC(=O)c2ccccc2SCc2cc(C)no2)cc1. The number of carbonyl (C=O) groups excluding carboxylic acids is 1. The van der Waals surface area contributed by atoms with Gasteiger partial charge >= 0.3 is 0 Å². The molecule has 128 valence electrons. The van der Waals surface area contributed by atoms with Crippen LogP contribution in [-0.2, 0) is 5.75 Å². The molecule has 25 heavy (non-hydrogen) atoms. The van der Waals surface area contributed by atoms with E-state index in [1.807, 2.05) is 67.8 Å². The lowest BCUT2D eigenvalue weighted by molar-refractivity contribution is 0.102. The minimum atomic E-state index is -0.117. The zero-order valence-corrected chi connectivity index (χ0v) is 15.6. The predicted octanol–water partition coefficient (Wildman–Crippen LogP) is 5.25. The highest BCUT2D eigenvalue weighted by atomic mass is 32.2. The van der Waals surface area contributed by atoms with Gasteiger partial charge in [-0.25, -0.2) is 0 Å². The second-order valence-electron chi connectivity index (χ2n) is 5.40. The van der Waals surface area contributed by atoms with Gasteiger partial charge in [0, 0.05) is 21.5 Å². The van der Waals surface area contributed by atoms with E-state index in [9.17, 15) is 4.79 Å². The Labute approximate surface area is 155 Å². The second kappa shape index (κ2) is 8.27. The molecule has 0 radical (unpaired) electrons. The molecule has 4 nitrogen and oxygen atoms in total. The van der Waals surface area contributed by atoms with Crippen molar-refractivity contribution in [3.8, 4) is 0 Å². The second-order valence-corrected chi connectivity index (χ2v) is 7.30. The fraction of sp³-hybridized carbons (Fsp3) is 0.158. The number of benzene rings is 2. The summed E-state index contributed by atoms with van der Waals surface area (Å²) in [5, 5.41) is 6.84. The Kier molecular flexibility index (Phi) is 5.83. The summed E-state index contributed by atoms with van der Waals surface area (Å²) in [4.78, 5) is 14.7. The van der Waals surface area contributed by atoms with Gasteiger partial charge in [-0.15, -0.1) is 23.5 Å². The summed E-state index contributed by atoms with van der Waals surface area (Å²) in [6.07, 6.45) is 2.02. The number of nitrogens with zero attached hydrogens (tertiary/aromatic N) is 1. The van der Waals surface area contributed by atoms with Crippen molar-refractivity contribution in [2.24, 2.45) is 0 Å². The van der Waals surface area contributed by atoms with Crippen molar-refractivity contribution in [1.82, 2.24) is 5.16 Å². The van der Waals surface area contributed by atoms with E-state index >= 15 is 0 Å². The number of thioether (sulfide) groups is 2. The molecule has 0 unspecified atom stereocenters. The topological polar surface area (TPSA) is 55.1 Å². The Balaban J connectivity index is 1.71. The van der Waals surface area contributed by atoms with Crippen molar-refractivity contribution in [2.75, 3.05) is 11.6 Å². The van der Waals surface area contributed by atoms with Gasteiger partial charge in [0.25, 0.3) is 5.91 Å². The van der Waals surface area contributed by atoms with Gasteiger partial charge in [0.15, 0.2) is 0 Å². The van der Waals surface area contributed by atoms with Gasteiger partial charge in [-0.2, -0.15) is 0 Å². The van der Waals surface area contributed by atoms with E-state index < -0.39 is 0 Å². The Bertz CT molecular complexity index is 860. The molecule has 0 atom stereocenters. The van der Waals surface area contributed by atoms with Crippen LogP contribution >= 0.6 is 23.5 Å². The fourth-order valence-electron chi connectivity index (χ4n) is 2.29. The molecule has 2 aromatic carbocycles. The Morgan fingerprint density at radius 3 is 2.60 bits per heavy atom. The van der Waals surface area contributed by atoms with E-state index in [-0.39, 0.29) is 5.91 Å². The zero-order valence-electron chi connectivity index (χ0n) is 14.0. The molecule has 0 aliphatic rings. The quantitative estimate of drug-likeness (QED) is 0.601. The lowest BCUT2D eigenvalue weighted by atomic mass is 10.2. The van der Waals surface area contributed by atoms with Crippen molar-refractivity contribution in [3.05, 3.63) is 71.6 Å². The number of hydrogen-bond acceptors (Lipinski definition) is 5. The highest BCUT2D eigenvalue weighted by Gasteiger charge is 2.13. The van der Waals surface area contributed by atoms with E-state index in [0.29, 0.717) is 11.3 Å². The molecule has 1 amide bonds. The minimum Gasteiger partial charge on any atom is -0.360 e. The van der Waals surface area contributed by atoms with Crippen LogP contribution in [0.3, 0.4) is 0 Å². The third-order valence-electron chi connectivity index (χ3n) is 3.53. The van der Waals surface area contributed by atoms with Gasteiger partial charge in [-0.3, -0.25) is 4.79 Å². The summed E-state index contributed by atoms with van der Waals surface area (Å²) in [6.45, 7) is 1.89. The Morgan fingerprint density at radius 1 is 1.16 bits per heavy atom. The van der Waals surface area contributed by atoms with Crippen LogP contribution in [0.4, 0.5) is 5.69 Å². The normalized spacial score (nSPS) is 10.6. The highest BCUT2D eigenvalue weighted by molar-refractivity contribution is 7.98. The van der Waals surface area contributed by atoms with Crippen molar-refractivity contribution >= 4 is 35.1 Å². The minimum absolute atomic E-state index is 0.117. The van der Waals surface area contributed by atoms with Gasteiger partial charge in [0.05, 0.1) is 17.0 Å². The summed E-state index contributed by atoms with van der Waals surface area (Å²) in [6, 6.07) is 17.3. The Hall–Kier alpha value is -2.18. The molecule has 0 spiro atoms. The average molecular weight is 370 g/mol. The van der Waals surface area contributed by atoms with Gasteiger partial charge in [-0.1, -0.05) is 17.3 Å². The first kappa shape index (κ1) is 17.6. The summed E-state index contributed by atoms with van der Waals surface area (Å²) in [5.41, 5.74) is 2.29. The number of aryl methyl sites for hydroxylation is 1. The largest absolute Gasteiger partial charge is 0.360 e. The molecule has 0 saturated carbocycles. The van der Waals surface area contributed by atoms with Crippen molar-refractivity contribution in [3.63, 3.8) is 0 Å². The number of anilines is 1. The van der Waals surface area contributed by atoms with Gasteiger partial charge in [-0.05, 0) is 49.6 Å². The zero-order chi connectivity index (χ0) is 17.6. The maximum absolute atomic E-state index is 12.6. The van der Waals surface area contributed by atoms with Crippen LogP contribution in [0.2, 0.25) is 0 Å². The van der Waals surface area contributed by atoms with Gasteiger partial charge < -0.3 is 9.84 Å². The first-order chi connectivity index (χ1) is 12.2. The van der Waals surface area contributed by atoms with Crippen molar-refractivity contribution < 1.29 is 9.32 Å². The third kappa shape index (κ3) is 4.67. The molecule has 0 aliphatic carbocycles. The number of nitrogens with one attached hydrogen (secondary N) is 1. The molecule has 1 aromatic heterocycles. The molecule has 0 bridgehead atoms. The maximum atomic E-state index is 12.6. The first-order valence-electron chi connectivity index (χ1n) is 7.75. The smallest absolute Gasteiger partial charge is 0.256 e. The summed E-state index contributed by atoms with van der Waals surface area (Å²) < 4.78 is 5.23. The number of hydrogen-bond donors (Lipinski definition) is 1. The van der Waals surface area contributed by atoms with Crippen LogP contribution in [0.25, 0.3) is 0 Å². The molecule has 1 N–H and O–H groups in total. The fourth-order valence-corrected chi connectivity index (χ4v) is 3.62. The summed E-state index contributed by atoms with van der Waals surface area (Å²) in [5.74, 6) is 1.31. The Morgan fingerprint density at radius 2 is 1.92 bits per heavy atom. The number of rotatable bonds is 6. The molecule has 3 rings (SSSR count). The summed E-state index contributed by atoms with van der Waals surface area (Å²) >= 11 is 3.23. The van der Waals surface area contributed by atoms with Crippen LogP contribution in [0.15, 0.2) is 68.9 Å². The molecule has 0 aliphatic heterocycles. The molecule has 1 heterocycles. The van der Waals surface area contributed by atoms with Gasteiger partial charge in [0.2, 0.25) is 0 Å². The third-order valence-corrected chi connectivity index (χ3v) is 5.37. The van der Waals surface area contributed by atoms with E-state index in [2.05, 4.69) is 10.5 Å². The maximum Gasteiger partial charge on any atom is 0.256 e. The van der Waals surface area contributed by atoms with E-state index in [4.69, 9.17) is 4.52 Å². The van der Waals surface area contributed by atoms with Crippen LogP contribution < -0.4 is 5.32 Å². The molecule has 0 fully saturated rings. The number of amides is 1. The lowest BCUT2D eigenvalue weighted by Crippen LogP contribution is -2.12. The van der Waals surface area contributed by atoms with E-state index in [0.717, 1.165) is 26.9 Å².